The summed E-state index contributed by atoms with van der Waals surface area (Å²) in [5, 5.41) is 8.09. The van der Waals surface area contributed by atoms with Crippen molar-refractivity contribution in [3.05, 3.63) is 92.7 Å². The van der Waals surface area contributed by atoms with Crippen LogP contribution in [0.5, 0.6) is 0 Å². The molecule has 0 saturated heterocycles. The second kappa shape index (κ2) is 8.65. The van der Waals surface area contributed by atoms with Crippen molar-refractivity contribution < 1.29 is 4.79 Å². The summed E-state index contributed by atoms with van der Waals surface area (Å²) in [5.74, 6) is 0.280. The van der Waals surface area contributed by atoms with Gasteiger partial charge >= 0.3 is 0 Å². The minimum Gasteiger partial charge on any atom is -0.319 e. The first kappa shape index (κ1) is 21.3. The Morgan fingerprint density at radius 1 is 1.03 bits per heavy atom. The fourth-order valence-electron chi connectivity index (χ4n) is 3.32. The van der Waals surface area contributed by atoms with E-state index in [0.29, 0.717) is 16.5 Å². The number of carbonyl (C=O) groups excluding carboxylic acids is 1. The van der Waals surface area contributed by atoms with Crippen LogP contribution in [0.2, 0.25) is 5.02 Å². The van der Waals surface area contributed by atoms with Gasteiger partial charge in [-0.1, -0.05) is 57.4 Å². The number of aromatic nitrogens is 3. The summed E-state index contributed by atoms with van der Waals surface area (Å²) in [6.45, 7) is 5.86. The van der Waals surface area contributed by atoms with Crippen LogP contribution in [-0.4, -0.2) is 20.7 Å². The lowest BCUT2D eigenvalue weighted by Gasteiger charge is -2.10. The lowest BCUT2D eigenvalue weighted by Crippen LogP contribution is -2.15. The van der Waals surface area contributed by atoms with Gasteiger partial charge in [0.1, 0.15) is 0 Å². The molecule has 1 heterocycles. The van der Waals surface area contributed by atoms with Gasteiger partial charge in [-0.2, -0.15) is 0 Å². The molecule has 0 aliphatic carbocycles. The zero-order chi connectivity index (χ0) is 22.1. The number of carbonyl (C=O) groups is 1. The molecule has 0 saturated carbocycles. The zero-order valence-corrected chi connectivity index (χ0v) is 19.6. The fourth-order valence-corrected chi connectivity index (χ4v) is 3.96. The van der Waals surface area contributed by atoms with E-state index in [1.165, 1.54) is 0 Å². The second-order valence-corrected chi connectivity index (χ2v) is 8.66. The lowest BCUT2D eigenvalue weighted by molar-refractivity contribution is 0.101. The largest absolute Gasteiger partial charge is 0.319 e. The van der Waals surface area contributed by atoms with E-state index in [9.17, 15) is 4.79 Å². The SMILES string of the molecule is Cc1cccc(-c2nc(C(=O)Nc3ccc(Br)cc3C)nn2-c2cccc(Cl)c2C)c1. The molecule has 0 bridgehead atoms. The predicted molar refractivity (Wildman–Crippen MR) is 128 cm³/mol. The maximum absolute atomic E-state index is 13.0. The first-order valence-corrected chi connectivity index (χ1v) is 10.9. The van der Waals surface area contributed by atoms with Crippen molar-refractivity contribution in [2.45, 2.75) is 20.8 Å². The summed E-state index contributed by atoms with van der Waals surface area (Å²) in [6, 6.07) is 19.2. The van der Waals surface area contributed by atoms with Crippen LogP contribution in [0, 0.1) is 20.8 Å². The Hall–Kier alpha value is -2.96. The van der Waals surface area contributed by atoms with E-state index in [4.69, 9.17) is 11.6 Å². The van der Waals surface area contributed by atoms with Gasteiger partial charge in [0.25, 0.3) is 5.91 Å². The Bertz CT molecular complexity index is 1300. The molecule has 0 radical (unpaired) electrons. The highest BCUT2D eigenvalue weighted by Gasteiger charge is 2.21. The van der Waals surface area contributed by atoms with Crippen LogP contribution in [0.25, 0.3) is 17.1 Å². The molecule has 1 amide bonds. The molecule has 0 fully saturated rings. The van der Waals surface area contributed by atoms with Crippen LogP contribution >= 0.6 is 27.5 Å². The third-order valence-electron chi connectivity index (χ3n) is 4.99. The molecule has 1 N–H and O–H groups in total. The number of benzene rings is 3. The number of hydrogen-bond donors (Lipinski definition) is 1. The summed E-state index contributed by atoms with van der Waals surface area (Å²) in [6.07, 6.45) is 0. The van der Waals surface area contributed by atoms with Gasteiger partial charge < -0.3 is 5.32 Å². The Kier molecular flexibility index (Phi) is 5.94. The van der Waals surface area contributed by atoms with Crippen molar-refractivity contribution in [3.8, 4) is 17.1 Å². The summed E-state index contributed by atoms with van der Waals surface area (Å²) in [7, 11) is 0. The van der Waals surface area contributed by atoms with Crippen LogP contribution < -0.4 is 5.32 Å². The van der Waals surface area contributed by atoms with Gasteiger partial charge in [0.2, 0.25) is 5.82 Å². The first-order valence-electron chi connectivity index (χ1n) is 9.70. The first-order chi connectivity index (χ1) is 14.8. The second-order valence-electron chi connectivity index (χ2n) is 7.34. The molecule has 5 nitrogen and oxygen atoms in total. The Morgan fingerprint density at radius 2 is 1.81 bits per heavy atom. The van der Waals surface area contributed by atoms with E-state index in [1.807, 2.05) is 81.4 Å². The van der Waals surface area contributed by atoms with Gasteiger partial charge in [-0.3, -0.25) is 4.79 Å². The van der Waals surface area contributed by atoms with Crippen LogP contribution in [-0.2, 0) is 0 Å². The van der Waals surface area contributed by atoms with Crippen molar-refractivity contribution in [3.63, 3.8) is 0 Å². The highest BCUT2D eigenvalue weighted by Crippen LogP contribution is 2.28. The molecule has 4 rings (SSSR count). The molecule has 0 aliphatic heterocycles. The van der Waals surface area contributed by atoms with Gasteiger partial charge in [-0.15, -0.1) is 5.10 Å². The maximum atomic E-state index is 13.0. The van der Waals surface area contributed by atoms with Crippen LogP contribution in [0.15, 0.2) is 65.1 Å². The Morgan fingerprint density at radius 3 is 2.55 bits per heavy atom. The number of amides is 1. The molecule has 156 valence electrons. The molecule has 0 aliphatic rings. The van der Waals surface area contributed by atoms with Gasteiger partial charge in [0.05, 0.1) is 5.69 Å². The quantitative estimate of drug-likeness (QED) is 0.350. The summed E-state index contributed by atoms with van der Waals surface area (Å²) >= 11 is 9.79. The van der Waals surface area contributed by atoms with E-state index in [2.05, 4.69) is 31.3 Å². The Labute approximate surface area is 194 Å². The van der Waals surface area contributed by atoms with Crippen molar-refractivity contribution in [1.29, 1.82) is 0 Å². The van der Waals surface area contributed by atoms with Crippen molar-refractivity contribution in [1.82, 2.24) is 14.8 Å². The molecular weight excluding hydrogens is 476 g/mol. The van der Waals surface area contributed by atoms with E-state index in [-0.39, 0.29) is 11.7 Å². The van der Waals surface area contributed by atoms with Gasteiger partial charge in [0.15, 0.2) is 5.82 Å². The normalized spacial score (nSPS) is 10.9. The molecule has 3 aromatic carbocycles. The number of aryl methyl sites for hydroxylation is 2. The number of halogens is 2. The van der Waals surface area contributed by atoms with Crippen LogP contribution in [0.4, 0.5) is 5.69 Å². The number of hydrogen-bond acceptors (Lipinski definition) is 3. The standard InChI is InChI=1S/C24H20BrClN4O/c1-14-6-4-7-17(12-14)23-28-22(24(31)27-20-11-10-18(25)13-15(20)2)29-30(23)21-9-5-8-19(26)16(21)3/h4-13H,1-3H3,(H,27,31). The zero-order valence-electron chi connectivity index (χ0n) is 17.3. The van der Waals surface area contributed by atoms with Crippen molar-refractivity contribution in [2.75, 3.05) is 5.32 Å². The minimum absolute atomic E-state index is 0.0817. The van der Waals surface area contributed by atoms with E-state index < -0.39 is 0 Å². The molecule has 1 aromatic heterocycles. The number of anilines is 1. The van der Waals surface area contributed by atoms with Gasteiger partial charge in [-0.05, 0) is 68.3 Å². The summed E-state index contributed by atoms with van der Waals surface area (Å²) in [4.78, 5) is 17.6. The van der Waals surface area contributed by atoms with Gasteiger partial charge in [0, 0.05) is 20.7 Å². The molecule has 7 heteroatoms. The smallest absolute Gasteiger partial charge is 0.295 e. The third kappa shape index (κ3) is 4.40. The summed E-state index contributed by atoms with van der Waals surface area (Å²) < 4.78 is 2.63. The lowest BCUT2D eigenvalue weighted by atomic mass is 10.1. The van der Waals surface area contributed by atoms with E-state index >= 15 is 0 Å². The number of rotatable bonds is 4. The van der Waals surface area contributed by atoms with Crippen LogP contribution in [0.1, 0.15) is 27.3 Å². The van der Waals surface area contributed by atoms with Crippen molar-refractivity contribution >= 4 is 39.1 Å². The molecule has 4 aromatic rings. The average molecular weight is 496 g/mol. The maximum Gasteiger partial charge on any atom is 0.295 e. The number of nitrogens with one attached hydrogen (secondary N) is 1. The van der Waals surface area contributed by atoms with Crippen LogP contribution in [0.3, 0.4) is 0 Å². The topological polar surface area (TPSA) is 59.8 Å². The monoisotopic (exact) mass is 494 g/mol. The minimum atomic E-state index is -0.377. The predicted octanol–water partition coefficient (Wildman–Crippen LogP) is 6.53. The molecule has 0 atom stereocenters. The van der Waals surface area contributed by atoms with Gasteiger partial charge in [-0.25, -0.2) is 9.67 Å². The highest BCUT2D eigenvalue weighted by molar-refractivity contribution is 9.10. The molecule has 0 spiro atoms. The fraction of sp³-hybridized carbons (Fsp3) is 0.125. The summed E-state index contributed by atoms with van der Waals surface area (Å²) in [5.41, 5.74) is 5.23. The molecule has 31 heavy (non-hydrogen) atoms. The van der Waals surface area contributed by atoms with E-state index in [0.717, 1.165) is 32.4 Å². The van der Waals surface area contributed by atoms with Crippen molar-refractivity contribution in [2.24, 2.45) is 0 Å². The Balaban J connectivity index is 1.81. The number of nitrogens with zero attached hydrogens (tertiary/aromatic N) is 3. The van der Waals surface area contributed by atoms with E-state index in [1.54, 1.807) is 4.68 Å². The third-order valence-corrected chi connectivity index (χ3v) is 5.89. The molecule has 0 unspecified atom stereocenters. The highest BCUT2D eigenvalue weighted by atomic mass is 79.9. The molecular formula is C24H20BrClN4O. The average Bonchev–Trinajstić information content (AvgIpc) is 3.17.